The number of anilines is 1. The Hall–Kier alpha value is -2.25. The molecule has 2 aromatic carbocycles. The maximum absolute atomic E-state index is 12.6. The lowest BCUT2D eigenvalue weighted by Crippen LogP contribution is -2.24. The third-order valence-corrected chi connectivity index (χ3v) is 4.65. The first-order chi connectivity index (χ1) is 12.7. The van der Waals surface area contributed by atoms with Crippen LogP contribution in [0.3, 0.4) is 0 Å². The van der Waals surface area contributed by atoms with Gasteiger partial charge in [0.25, 0.3) is 5.91 Å². The number of aryl methyl sites for hydroxylation is 1. The fraction of sp³-hybridized carbons (Fsp3) is 0.316. The number of hydrogen-bond donors (Lipinski definition) is 2. The molecule has 8 heteroatoms. The number of fused-ring (bicyclic) bond motifs is 1. The quantitative estimate of drug-likeness (QED) is 0.809. The third-order valence-electron chi connectivity index (χ3n) is 4.35. The van der Waals surface area contributed by atoms with Crippen molar-refractivity contribution in [3.05, 3.63) is 58.1 Å². The summed E-state index contributed by atoms with van der Waals surface area (Å²) < 4.78 is 43.2. The molecule has 4 nitrogen and oxygen atoms in total. The molecule has 27 heavy (non-hydrogen) atoms. The number of halogens is 4. The molecule has 2 aromatic rings. The van der Waals surface area contributed by atoms with Crippen molar-refractivity contribution in [1.82, 2.24) is 0 Å². The van der Waals surface area contributed by atoms with Crippen LogP contribution in [0.1, 0.15) is 23.1 Å². The lowest BCUT2D eigenvalue weighted by molar-refractivity contribution is -0.137. The van der Waals surface area contributed by atoms with E-state index in [9.17, 15) is 23.1 Å². The summed E-state index contributed by atoms with van der Waals surface area (Å²) in [6.07, 6.45) is -3.08. The van der Waals surface area contributed by atoms with Gasteiger partial charge in [-0.15, -0.1) is 0 Å². The largest absolute Gasteiger partial charge is 0.482 e. The van der Waals surface area contributed by atoms with E-state index in [1.54, 1.807) is 6.07 Å². The summed E-state index contributed by atoms with van der Waals surface area (Å²) in [6.45, 7) is -0.405. The summed E-state index contributed by atoms with van der Waals surface area (Å²) in [5.74, 6) is -0.482. The SMILES string of the molecule is O=C(COc1ccc(C(F)(F)F)cc1Cl)Nc1cccc2c1C[C@H](O)CC2. The average molecular weight is 400 g/mol. The van der Waals surface area contributed by atoms with Gasteiger partial charge in [0.05, 0.1) is 16.7 Å². The molecule has 0 radical (unpaired) electrons. The Bertz CT molecular complexity index is 855. The minimum absolute atomic E-state index is 0.00895. The van der Waals surface area contributed by atoms with Crippen molar-refractivity contribution >= 4 is 23.2 Å². The number of hydrogen-bond acceptors (Lipinski definition) is 3. The highest BCUT2D eigenvalue weighted by Crippen LogP contribution is 2.34. The van der Waals surface area contributed by atoms with Crippen LogP contribution in [-0.4, -0.2) is 23.7 Å². The van der Waals surface area contributed by atoms with Crippen molar-refractivity contribution < 1.29 is 27.8 Å². The Morgan fingerprint density at radius 3 is 2.78 bits per heavy atom. The number of aliphatic hydroxyl groups excluding tert-OH is 1. The molecule has 0 saturated heterocycles. The zero-order valence-corrected chi connectivity index (χ0v) is 14.9. The van der Waals surface area contributed by atoms with Gasteiger partial charge in [-0.3, -0.25) is 4.79 Å². The zero-order valence-electron chi connectivity index (χ0n) is 14.1. The summed E-state index contributed by atoms with van der Waals surface area (Å²) in [5, 5.41) is 12.3. The first-order valence-electron chi connectivity index (χ1n) is 8.32. The van der Waals surface area contributed by atoms with Gasteiger partial charge in [-0.2, -0.15) is 13.2 Å². The van der Waals surface area contributed by atoms with Crippen LogP contribution < -0.4 is 10.1 Å². The number of carbonyl (C=O) groups is 1. The van der Waals surface area contributed by atoms with E-state index in [1.807, 2.05) is 12.1 Å². The predicted molar refractivity (Wildman–Crippen MR) is 95.1 cm³/mol. The summed E-state index contributed by atoms with van der Waals surface area (Å²) >= 11 is 5.81. The Balaban J connectivity index is 1.64. The predicted octanol–water partition coefficient (Wildman–Crippen LogP) is 4.23. The second kappa shape index (κ2) is 7.78. The van der Waals surface area contributed by atoms with Gasteiger partial charge in [-0.25, -0.2) is 0 Å². The molecule has 0 unspecified atom stereocenters. The number of amides is 1. The van der Waals surface area contributed by atoms with Crippen LogP contribution in [-0.2, 0) is 23.8 Å². The van der Waals surface area contributed by atoms with Crippen LogP contribution in [0.5, 0.6) is 5.75 Å². The van der Waals surface area contributed by atoms with E-state index in [2.05, 4.69) is 5.32 Å². The monoisotopic (exact) mass is 399 g/mol. The van der Waals surface area contributed by atoms with Gasteiger partial charge in [0, 0.05) is 12.1 Å². The number of alkyl halides is 3. The first kappa shape index (κ1) is 19.5. The van der Waals surface area contributed by atoms with Crippen LogP contribution >= 0.6 is 11.6 Å². The van der Waals surface area contributed by atoms with Gasteiger partial charge >= 0.3 is 6.18 Å². The highest BCUT2D eigenvalue weighted by Gasteiger charge is 2.31. The second-order valence-corrected chi connectivity index (χ2v) is 6.73. The highest BCUT2D eigenvalue weighted by molar-refractivity contribution is 6.32. The second-order valence-electron chi connectivity index (χ2n) is 6.32. The summed E-state index contributed by atoms with van der Waals surface area (Å²) in [4.78, 5) is 12.2. The van der Waals surface area contributed by atoms with Crippen LogP contribution in [0.4, 0.5) is 18.9 Å². The fourth-order valence-corrected chi connectivity index (χ4v) is 3.25. The summed E-state index contributed by atoms with van der Waals surface area (Å²) in [7, 11) is 0. The molecule has 144 valence electrons. The van der Waals surface area contributed by atoms with Gasteiger partial charge in [-0.1, -0.05) is 23.7 Å². The average Bonchev–Trinajstić information content (AvgIpc) is 2.60. The molecule has 0 fully saturated rings. The molecule has 3 rings (SSSR count). The first-order valence-corrected chi connectivity index (χ1v) is 8.70. The van der Waals surface area contributed by atoms with Crippen molar-refractivity contribution in [3.63, 3.8) is 0 Å². The van der Waals surface area contributed by atoms with E-state index in [0.29, 0.717) is 18.5 Å². The molecule has 0 saturated carbocycles. The van der Waals surface area contributed by atoms with E-state index in [4.69, 9.17) is 16.3 Å². The fourth-order valence-electron chi connectivity index (χ4n) is 3.01. The van der Waals surface area contributed by atoms with Gasteiger partial charge in [0.2, 0.25) is 0 Å². The van der Waals surface area contributed by atoms with Crippen molar-refractivity contribution in [2.45, 2.75) is 31.5 Å². The number of benzene rings is 2. The highest BCUT2D eigenvalue weighted by atomic mass is 35.5. The summed E-state index contributed by atoms with van der Waals surface area (Å²) in [5.41, 5.74) is 1.67. The Labute approximate surface area is 158 Å². The van der Waals surface area contributed by atoms with E-state index in [1.165, 1.54) is 0 Å². The van der Waals surface area contributed by atoms with Gasteiger partial charge < -0.3 is 15.2 Å². The molecule has 0 heterocycles. The van der Waals surface area contributed by atoms with Gasteiger partial charge in [0.1, 0.15) is 5.75 Å². The van der Waals surface area contributed by atoms with E-state index in [0.717, 1.165) is 35.7 Å². The maximum atomic E-state index is 12.6. The Morgan fingerprint density at radius 2 is 2.07 bits per heavy atom. The molecule has 0 aliphatic heterocycles. The van der Waals surface area contributed by atoms with Crippen molar-refractivity contribution in [1.29, 1.82) is 0 Å². The molecule has 1 atom stereocenters. The molecule has 1 aliphatic rings. The number of nitrogens with one attached hydrogen (secondary N) is 1. The van der Waals surface area contributed by atoms with E-state index in [-0.39, 0.29) is 10.8 Å². The molecular formula is C19H17ClF3NO3. The minimum atomic E-state index is -4.50. The maximum Gasteiger partial charge on any atom is 0.416 e. The van der Waals surface area contributed by atoms with Crippen LogP contribution in [0, 0.1) is 0 Å². The standard InChI is InChI=1S/C19H17ClF3NO3/c20-15-8-12(19(21,22)23)5-7-17(15)27-10-18(26)24-16-3-1-2-11-4-6-13(25)9-14(11)16/h1-3,5,7-8,13,25H,4,6,9-10H2,(H,24,26)/t13-/m1/s1. The summed E-state index contributed by atoms with van der Waals surface area (Å²) in [6, 6.07) is 8.19. The molecule has 2 N–H and O–H groups in total. The lowest BCUT2D eigenvalue weighted by Gasteiger charge is -2.23. The van der Waals surface area contributed by atoms with E-state index < -0.39 is 30.4 Å². The zero-order chi connectivity index (χ0) is 19.6. The third kappa shape index (κ3) is 4.73. The number of rotatable bonds is 4. The molecule has 1 amide bonds. The molecule has 0 spiro atoms. The van der Waals surface area contributed by atoms with Crippen molar-refractivity contribution in [2.24, 2.45) is 0 Å². The normalized spacial score (nSPS) is 16.6. The topological polar surface area (TPSA) is 58.6 Å². The van der Waals surface area contributed by atoms with Gasteiger partial charge in [-0.05, 0) is 48.2 Å². The smallest absolute Gasteiger partial charge is 0.416 e. The van der Waals surface area contributed by atoms with Crippen molar-refractivity contribution in [3.8, 4) is 5.75 Å². The molecule has 0 bridgehead atoms. The van der Waals surface area contributed by atoms with Gasteiger partial charge in [0.15, 0.2) is 6.61 Å². The Morgan fingerprint density at radius 1 is 1.30 bits per heavy atom. The number of aliphatic hydroxyl groups is 1. The van der Waals surface area contributed by atoms with Crippen LogP contribution in [0.2, 0.25) is 5.02 Å². The number of carbonyl (C=O) groups excluding carboxylic acids is 1. The molecular weight excluding hydrogens is 383 g/mol. The molecule has 0 aromatic heterocycles. The van der Waals surface area contributed by atoms with E-state index >= 15 is 0 Å². The lowest BCUT2D eigenvalue weighted by atomic mass is 9.88. The van der Waals surface area contributed by atoms with Crippen molar-refractivity contribution in [2.75, 3.05) is 11.9 Å². The molecule has 1 aliphatic carbocycles. The van der Waals surface area contributed by atoms with Crippen LogP contribution in [0.25, 0.3) is 0 Å². The number of ether oxygens (including phenoxy) is 1. The van der Waals surface area contributed by atoms with Crippen LogP contribution in [0.15, 0.2) is 36.4 Å². The minimum Gasteiger partial charge on any atom is -0.482 e. The Kier molecular flexibility index (Phi) is 5.62.